The zero-order valence-electron chi connectivity index (χ0n) is 12.3. The number of carbonyl (C=O) groups is 1. The molecule has 3 nitrogen and oxygen atoms in total. The molecule has 0 saturated carbocycles. The first-order valence-corrected chi connectivity index (χ1v) is 6.61. The van der Waals surface area contributed by atoms with Crippen molar-refractivity contribution < 1.29 is 14.6 Å². The lowest BCUT2D eigenvalue weighted by molar-refractivity contribution is -0.330. The van der Waals surface area contributed by atoms with E-state index in [9.17, 15) is 4.79 Å². The Morgan fingerprint density at radius 2 is 1.71 bits per heavy atom. The molecule has 0 spiro atoms. The molecule has 0 aliphatic rings. The van der Waals surface area contributed by atoms with Crippen LogP contribution in [-0.2, 0) is 14.6 Å². The molecule has 0 saturated heterocycles. The lowest BCUT2D eigenvalue weighted by atomic mass is 9.80. The van der Waals surface area contributed by atoms with E-state index in [4.69, 9.17) is 9.78 Å². The summed E-state index contributed by atoms with van der Waals surface area (Å²) in [5.74, 6) is -0.269. The molecular weight excluding hydrogens is 216 g/mol. The third-order valence-corrected chi connectivity index (χ3v) is 2.96. The Balaban J connectivity index is 4.05. The summed E-state index contributed by atoms with van der Waals surface area (Å²) in [6.45, 7) is 12.5. The van der Waals surface area contributed by atoms with Gasteiger partial charge in [-0.05, 0) is 32.1 Å². The fourth-order valence-corrected chi connectivity index (χ4v) is 1.83. The van der Waals surface area contributed by atoms with E-state index in [1.54, 1.807) is 0 Å². The normalized spacial score (nSPS) is 12.6. The molecule has 0 unspecified atom stereocenters. The zero-order chi connectivity index (χ0) is 13.5. The topological polar surface area (TPSA) is 35.5 Å². The Morgan fingerprint density at radius 3 is 2.18 bits per heavy atom. The van der Waals surface area contributed by atoms with Gasteiger partial charge in [-0.1, -0.05) is 40.5 Å². The summed E-state index contributed by atoms with van der Waals surface area (Å²) in [6, 6.07) is 0. The summed E-state index contributed by atoms with van der Waals surface area (Å²) in [7, 11) is 0. The third-order valence-electron chi connectivity index (χ3n) is 2.96. The van der Waals surface area contributed by atoms with Gasteiger partial charge in [-0.2, -0.15) is 4.89 Å². The lowest BCUT2D eigenvalue weighted by Gasteiger charge is -2.32. The van der Waals surface area contributed by atoms with Gasteiger partial charge in [0.1, 0.15) is 5.60 Å². The number of rotatable bonds is 8. The van der Waals surface area contributed by atoms with E-state index in [1.165, 1.54) is 0 Å². The van der Waals surface area contributed by atoms with Crippen molar-refractivity contribution >= 4 is 5.97 Å². The molecule has 0 aromatic rings. The van der Waals surface area contributed by atoms with Crippen LogP contribution in [0.3, 0.4) is 0 Å². The molecule has 0 aliphatic carbocycles. The maximum absolute atomic E-state index is 11.3. The van der Waals surface area contributed by atoms with Gasteiger partial charge in [0.05, 0.1) is 0 Å². The summed E-state index contributed by atoms with van der Waals surface area (Å²) in [4.78, 5) is 21.5. The summed E-state index contributed by atoms with van der Waals surface area (Å²) in [6.07, 6.45) is 4.20. The van der Waals surface area contributed by atoms with Gasteiger partial charge in [0.25, 0.3) is 0 Å². The first-order valence-electron chi connectivity index (χ1n) is 6.61. The molecule has 0 heterocycles. The average molecular weight is 244 g/mol. The van der Waals surface area contributed by atoms with Crippen molar-refractivity contribution in [1.82, 2.24) is 0 Å². The SMILES string of the molecule is CCCCC(=O)OOC(C)(C)CC(C)(C)CC. The smallest absolute Gasteiger partial charge is 0.298 e. The molecule has 0 bridgehead atoms. The van der Waals surface area contributed by atoms with Gasteiger partial charge in [-0.25, -0.2) is 4.79 Å². The van der Waals surface area contributed by atoms with Crippen LogP contribution in [0.4, 0.5) is 0 Å². The molecule has 3 heteroatoms. The second kappa shape index (κ2) is 7.00. The van der Waals surface area contributed by atoms with Crippen LogP contribution in [0, 0.1) is 5.41 Å². The van der Waals surface area contributed by atoms with E-state index in [2.05, 4.69) is 20.8 Å². The standard InChI is InChI=1S/C14H28O3/c1-7-9-10-12(15)16-17-14(5,6)11-13(3,4)8-2/h7-11H2,1-6H3. The molecular formula is C14H28O3. The van der Waals surface area contributed by atoms with Gasteiger partial charge in [0.2, 0.25) is 0 Å². The van der Waals surface area contributed by atoms with Gasteiger partial charge in [0.15, 0.2) is 0 Å². The highest BCUT2D eigenvalue weighted by molar-refractivity contribution is 5.68. The number of unbranched alkanes of at least 4 members (excludes halogenated alkanes) is 1. The van der Waals surface area contributed by atoms with E-state index in [-0.39, 0.29) is 11.4 Å². The van der Waals surface area contributed by atoms with Crippen LogP contribution < -0.4 is 0 Å². The van der Waals surface area contributed by atoms with Crippen molar-refractivity contribution in [1.29, 1.82) is 0 Å². The van der Waals surface area contributed by atoms with Crippen LogP contribution in [0.15, 0.2) is 0 Å². The van der Waals surface area contributed by atoms with Gasteiger partial charge >= 0.3 is 5.97 Å². The summed E-state index contributed by atoms with van der Waals surface area (Å²) in [5, 5.41) is 0. The second-order valence-corrected chi connectivity index (χ2v) is 6.10. The fraction of sp³-hybridized carbons (Fsp3) is 0.929. The minimum atomic E-state index is -0.429. The van der Waals surface area contributed by atoms with Crippen molar-refractivity contribution in [2.45, 2.75) is 79.2 Å². The first-order chi connectivity index (χ1) is 7.72. The molecule has 0 rings (SSSR count). The number of hydrogen-bond donors (Lipinski definition) is 0. The Kier molecular flexibility index (Phi) is 6.76. The monoisotopic (exact) mass is 244 g/mol. The van der Waals surface area contributed by atoms with Crippen LogP contribution in [0.2, 0.25) is 0 Å². The second-order valence-electron chi connectivity index (χ2n) is 6.10. The first kappa shape index (κ1) is 16.4. The van der Waals surface area contributed by atoms with Crippen molar-refractivity contribution in [2.75, 3.05) is 0 Å². The Morgan fingerprint density at radius 1 is 1.12 bits per heavy atom. The molecule has 0 fully saturated rings. The molecule has 102 valence electrons. The molecule has 0 aliphatic heterocycles. The van der Waals surface area contributed by atoms with Crippen molar-refractivity contribution in [3.8, 4) is 0 Å². The lowest BCUT2D eigenvalue weighted by Crippen LogP contribution is -2.32. The molecule has 0 radical (unpaired) electrons. The average Bonchev–Trinajstić information content (AvgIpc) is 2.22. The molecule has 17 heavy (non-hydrogen) atoms. The van der Waals surface area contributed by atoms with E-state index < -0.39 is 5.60 Å². The highest BCUT2D eigenvalue weighted by atomic mass is 17.2. The number of carbonyl (C=O) groups excluding carboxylic acids is 1. The van der Waals surface area contributed by atoms with Crippen LogP contribution in [-0.4, -0.2) is 11.6 Å². The number of hydrogen-bond acceptors (Lipinski definition) is 3. The summed E-state index contributed by atoms with van der Waals surface area (Å²) >= 11 is 0. The quantitative estimate of drug-likeness (QED) is 0.473. The minimum Gasteiger partial charge on any atom is -0.298 e. The maximum atomic E-state index is 11.3. The molecule has 0 atom stereocenters. The molecule has 0 aromatic heterocycles. The van der Waals surface area contributed by atoms with E-state index in [0.29, 0.717) is 6.42 Å². The van der Waals surface area contributed by atoms with E-state index in [1.807, 2.05) is 20.8 Å². The van der Waals surface area contributed by atoms with Crippen LogP contribution in [0.5, 0.6) is 0 Å². The predicted molar refractivity (Wildman–Crippen MR) is 69.5 cm³/mol. The summed E-state index contributed by atoms with van der Waals surface area (Å²) in [5.41, 5.74) is -0.235. The van der Waals surface area contributed by atoms with E-state index >= 15 is 0 Å². The van der Waals surface area contributed by atoms with Gasteiger partial charge in [-0.15, -0.1) is 0 Å². The van der Waals surface area contributed by atoms with Crippen molar-refractivity contribution in [3.63, 3.8) is 0 Å². The zero-order valence-corrected chi connectivity index (χ0v) is 12.3. The molecule has 0 N–H and O–H groups in total. The Bertz CT molecular complexity index is 232. The predicted octanol–water partition coefficient (Wildman–Crippen LogP) is 4.26. The van der Waals surface area contributed by atoms with Crippen molar-refractivity contribution in [2.24, 2.45) is 5.41 Å². The Hall–Kier alpha value is -0.570. The fourth-order valence-electron chi connectivity index (χ4n) is 1.83. The van der Waals surface area contributed by atoms with Crippen LogP contribution >= 0.6 is 0 Å². The Labute approximate surface area is 106 Å². The van der Waals surface area contributed by atoms with Crippen LogP contribution in [0.1, 0.15) is 73.6 Å². The van der Waals surface area contributed by atoms with Crippen molar-refractivity contribution in [3.05, 3.63) is 0 Å². The van der Waals surface area contributed by atoms with E-state index in [0.717, 1.165) is 25.7 Å². The summed E-state index contributed by atoms with van der Waals surface area (Å²) < 4.78 is 0. The van der Waals surface area contributed by atoms with Gasteiger partial charge in [0, 0.05) is 6.42 Å². The molecule has 0 aromatic carbocycles. The van der Waals surface area contributed by atoms with Gasteiger partial charge < -0.3 is 0 Å². The largest absolute Gasteiger partial charge is 0.342 e. The minimum absolute atomic E-state index is 0.194. The molecule has 0 amide bonds. The van der Waals surface area contributed by atoms with Gasteiger partial charge in [-0.3, -0.25) is 4.89 Å². The van der Waals surface area contributed by atoms with Crippen LogP contribution in [0.25, 0.3) is 0 Å². The maximum Gasteiger partial charge on any atom is 0.342 e. The highest BCUT2D eigenvalue weighted by Crippen LogP contribution is 2.32. The third kappa shape index (κ3) is 8.19. The highest BCUT2D eigenvalue weighted by Gasteiger charge is 2.30.